The van der Waals surface area contributed by atoms with Crippen molar-refractivity contribution in [2.45, 2.75) is 18.9 Å². The summed E-state index contributed by atoms with van der Waals surface area (Å²) in [6.07, 6.45) is 5.93. The van der Waals surface area contributed by atoms with Crippen molar-refractivity contribution in [3.8, 4) is 0 Å². The minimum absolute atomic E-state index is 0.390. The molecule has 0 amide bonds. The molecular weight excluding hydrogens is 230 g/mol. The third-order valence-electron chi connectivity index (χ3n) is 2.69. The topological polar surface area (TPSA) is 40.7 Å². The van der Waals surface area contributed by atoms with Crippen molar-refractivity contribution in [1.29, 1.82) is 0 Å². The van der Waals surface area contributed by atoms with Crippen molar-refractivity contribution in [2.24, 2.45) is 0 Å². The average molecular weight is 240 g/mol. The number of halogens is 1. The number of hydrogen-bond acceptors (Lipinski definition) is 3. The van der Waals surface area contributed by atoms with Gasteiger partial charge in [-0.05, 0) is 24.5 Å². The van der Waals surface area contributed by atoms with Crippen LogP contribution in [0.25, 0.3) is 0 Å². The van der Waals surface area contributed by atoms with E-state index in [1.54, 1.807) is 17.5 Å². The van der Waals surface area contributed by atoms with E-state index < -0.39 is 0 Å². The van der Waals surface area contributed by atoms with E-state index in [4.69, 9.17) is 11.6 Å². The van der Waals surface area contributed by atoms with Crippen molar-refractivity contribution in [3.63, 3.8) is 0 Å². The lowest BCUT2D eigenvalue weighted by Gasteiger charge is -2.11. The quantitative estimate of drug-likeness (QED) is 0.845. The first-order valence-corrected chi connectivity index (χ1v) is 6.06. The highest BCUT2D eigenvalue weighted by Gasteiger charge is 2.24. The SMILES string of the molecule is Clc1cc2c(s1)CCC2Nc1cn[nH]c1. The molecule has 0 bridgehead atoms. The lowest BCUT2D eigenvalue weighted by atomic mass is 10.2. The number of nitrogens with zero attached hydrogens (tertiary/aromatic N) is 1. The molecule has 0 saturated carbocycles. The molecule has 1 aliphatic rings. The molecule has 0 aromatic carbocycles. The van der Waals surface area contributed by atoms with E-state index in [1.807, 2.05) is 6.20 Å². The third-order valence-corrected chi connectivity index (χ3v) is 4.03. The molecule has 1 aliphatic carbocycles. The van der Waals surface area contributed by atoms with E-state index in [2.05, 4.69) is 21.6 Å². The van der Waals surface area contributed by atoms with Crippen LogP contribution < -0.4 is 5.32 Å². The average Bonchev–Trinajstić information content (AvgIpc) is 2.85. The summed E-state index contributed by atoms with van der Waals surface area (Å²) in [5, 5.41) is 10.2. The summed E-state index contributed by atoms with van der Waals surface area (Å²) in [7, 11) is 0. The van der Waals surface area contributed by atoms with Crippen LogP contribution in [-0.4, -0.2) is 10.2 Å². The molecule has 3 nitrogen and oxygen atoms in total. The van der Waals surface area contributed by atoms with Crippen LogP contribution in [0.5, 0.6) is 0 Å². The molecular formula is C10H10ClN3S. The van der Waals surface area contributed by atoms with Gasteiger partial charge in [0.2, 0.25) is 0 Å². The molecule has 2 aromatic heterocycles. The van der Waals surface area contributed by atoms with Crippen LogP contribution in [0, 0.1) is 0 Å². The Kier molecular flexibility index (Phi) is 2.18. The molecule has 2 aromatic rings. The maximum atomic E-state index is 6.00. The van der Waals surface area contributed by atoms with E-state index in [0.29, 0.717) is 6.04 Å². The summed E-state index contributed by atoms with van der Waals surface area (Å²) in [6, 6.07) is 2.47. The monoisotopic (exact) mass is 239 g/mol. The number of aromatic nitrogens is 2. The first-order valence-electron chi connectivity index (χ1n) is 4.86. The smallest absolute Gasteiger partial charge is 0.0934 e. The molecule has 0 radical (unpaired) electrons. The van der Waals surface area contributed by atoms with Crippen molar-refractivity contribution in [3.05, 3.63) is 33.2 Å². The Bertz CT molecular complexity index is 463. The number of nitrogens with one attached hydrogen (secondary N) is 2. The van der Waals surface area contributed by atoms with E-state index in [-0.39, 0.29) is 0 Å². The minimum Gasteiger partial charge on any atom is -0.376 e. The summed E-state index contributed by atoms with van der Waals surface area (Å²) < 4.78 is 0.888. The molecule has 0 spiro atoms. The second kappa shape index (κ2) is 3.54. The zero-order chi connectivity index (χ0) is 10.3. The zero-order valence-electron chi connectivity index (χ0n) is 7.96. The molecule has 5 heteroatoms. The molecule has 3 rings (SSSR count). The van der Waals surface area contributed by atoms with E-state index in [9.17, 15) is 0 Å². The van der Waals surface area contributed by atoms with Gasteiger partial charge in [-0.25, -0.2) is 0 Å². The third kappa shape index (κ3) is 1.64. The molecule has 2 heterocycles. The number of rotatable bonds is 2. The number of aromatic amines is 1. The summed E-state index contributed by atoms with van der Waals surface area (Å²) in [5.74, 6) is 0. The largest absolute Gasteiger partial charge is 0.376 e. The van der Waals surface area contributed by atoms with Crippen LogP contribution in [0.2, 0.25) is 4.34 Å². The molecule has 2 N–H and O–H groups in total. The lowest BCUT2D eigenvalue weighted by molar-refractivity contribution is 0.762. The number of hydrogen-bond donors (Lipinski definition) is 2. The second-order valence-corrected chi connectivity index (χ2v) is 5.42. The lowest BCUT2D eigenvalue weighted by Crippen LogP contribution is -2.05. The number of anilines is 1. The van der Waals surface area contributed by atoms with Gasteiger partial charge in [-0.2, -0.15) is 5.10 Å². The highest BCUT2D eigenvalue weighted by Crippen LogP contribution is 2.40. The number of H-pyrrole nitrogens is 1. The molecule has 1 atom stereocenters. The summed E-state index contributed by atoms with van der Waals surface area (Å²) in [6.45, 7) is 0. The van der Waals surface area contributed by atoms with Crippen molar-refractivity contribution in [2.75, 3.05) is 5.32 Å². The first kappa shape index (κ1) is 9.24. The fourth-order valence-corrected chi connectivity index (χ4v) is 3.37. The van der Waals surface area contributed by atoms with Crippen LogP contribution in [0.15, 0.2) is 18.5 Å². The van der Waals surface area contributed by atoms with Crippen LogP contribution in [0.3, 0.4) is 0 Å². The van der Waals surface area contributed by atoms with Gasteiger partial charge >= 0.3 is 0 Å². The van der Waals surface area contributed by atoms with Crippen LogP contribution in [0.4, 0.5) is 5.69 Å². The molecule has 78 valence electrons. The molecule has 1 unspecified atom stereocenters. The Hall–Kier alpha value is -1.00. The fraction of sp³-hybridized carbons (Fsp3) is 0.300. The van der Waals surface area contributed by atoms with Crippen molar-refractivity contribution >= 4 is 28.6 Å². The van der Waals surface area contributed by atoms with Crippen LogP contribution in [-0.2, 0) is 6.42 Å². The summed E-state index contributed by atoms with van der Waals surface area (Å²) in [4.78, 5) is 1.42. The standard InChI is InChI=1S/C10H10ClN3S/c11-10-3-7-8(1-2-9(7)15-10)14-6-4-12-13-5-6/h3-5,8,14H,1-2H2,(H,12,13). The maximum Gasteiger partial charge on any atom is 0.0934 e. The Morgan fingerprint density at radius 3 is 3.33 bits per heavy atom. The maximum absolute atomic E-state index is 6.00. The van der Waals surface area contributed by atoms with E-state index in [0.717, 1.165) is 22.9 Å². The van der Waals surface area contributed by atoms with Gasteiger partial charge in [0.05, 0.1) is 22.3 Å². The molecule has 0 aliphatic heterocycles. The number of thiophene rings is 1. The van der Waals surface area contributed by atoms with Gasteiger partial charge in [-0.3, -0.25) is 5.10 Å². The van der Waals surface area contributed by atoms with Crippen LogP contribution >= 0.6 is 22.9 Å². The molecule has 0 fully saturated rings. The van der Waals surface area contributed by atoms with Gasteiger partial charge < -0.3 is 5.32 Å². The van der Waals surface area contributed by atoms with Gasteiger partial charge in [0.25, 0.3) is 0 Å². The Labute approximate surface area is 96.5 Å². The molecule has 15 heavy (non-hydrogen) atoms. The predicted octanol–water partition coefficient (Wildman–Crippen LogP) is 3.22. The first-order chi connectivity index (χ1) is 7.33. The van der Waals surface area contributed by atoms with Gasteiger partial charge in [0.1, 0.15) is 0 Å². The highest BCUT2D eigenvalue weighted by atomic mass is 35.5. The fourth-order valence-electron chi connectivity index (χ4n) is 2.01. The highest BCUT2D eigenvalue weighted by molar-refractivity contribution is 7.16. The Morgan fingerprint density at radius 1 is 1.60 bits per heavy atom. The van der Waals surface area contributed by atoms with Gasteiger partial charge in [-0.1, -0.05) is 11.6 Å². The predicted molar refractivity (Wildman–Crippen MR) is 62.6 cm³/mol. The second-order valence-electron chi connectivity index (χ2n) is 3.65. The minimum atomic E-state index is 0.390. The molecule has 0 saturated heterocycles. The van der Waals surface area contributed by atoms with Gasteiger partial charge in [0, 0.05) is 11.1 Å². The van der Waals surface area contributed by atoms with Gasteiger partial charge in [0.15, 0.2) is 0 Å². The number of aryl methyl sites for hydroxylation is 1. The zero-order valence-corrected chi connectivity index (χ0v) is 9.53. The van der Waals surface area contributed by atoms with Gasteiger partial charge in [-0.15, -0.1) is 11.3 Å². The number of fused-ring (bicyclic) bond motifs is 1. The van der Waals surface area contributed by atoms with Crippen molar-refractivity contribution in [1.82, 2.24) is 10.2 Å². The Morgan fingerprint density at radius 2 is 2.53 bits per heavy atom. The van der Waals surface area contributed by atoms with E-state index in [1.165, 1.54) is 10.4 Å². The van der Waals surface area contributed by atoms with Crippen molar-refractivity contribution < 1.29 is 0 Å². The summed E-state index contributed by atoms with van der Waals surface area (Å²) >= 11 is 7.69. The summed E-state index contributed by atoms with van der Waals surface area (Å²) in [5.41, 5.74) is 2.39. The van der Waals surface area contributed by atoms with Crippen LogP contribution in [0.1, 0.15) is 22.9 Å². The normalized spacial score (nSPS) is 19.1. The Balaban J connectivity index is 1.84. The van der Waals surface area contributed by atoms with E-state index >= 15 is 0 Å².